The van der Waals surface area contributed by atoms with E-state index in [1.54, 1.807) is 0 Å². The quantitative estimate of drug-likeness (QED) is 0.680. The molecule has 0 amide bonds. The highest BCUT2D eigenvalue weighted by Gasteiger charge is 2.11. The standard InChI is InChI=1S/C11H15NO2/c1-12(2)10-7-5-4-6-9(10)11(13)8-14-3/h4-7H,8H2,1-3H3. The van der Waals surface area contributed by atoms with Crippen molar-refractivity contribution < 1.29 is 9.53 Å². The van der Waals surface area contributed by atoms with E-state index in [4.69, 9.17) is 4.74 Å². The number of benzene rings is 1. The van der Waals surface area contributed by atoms with Gasteiger partial charge >= 0.3 is 0 Å². The van der Waals surface area contributed by atoms with Gasteiger partial charge in [-0.3, -0.25) is 4.79 Å². The number of rotatable bonds is 4. The van der Waals surface area contributed by atoms with Crippen LogP contribution in [0.15, 0.2) is 24.3 Å². The van der Waals surface area contributed by atoms with E-state index in [1.807, 2.05) is 43.3 Å². The van der Waals surface area contributed by atoms with Gasteiger partial charge in [-0.25, -0.2) is 0 Å². The molecule has 0 aliphatic heterocycles. The molecule has 1 aromatic carbocycles. The Labute approximate surface area is 84.3 Å². The highest BCUT2D eigenvalue weighted by atomic mass is 16.5. The minimum Gasteiger partial charge on any atom is -0.377 e. The lowest BCUT2D eigenvalue weighted by molar-refractivity contribution is 0.0848. The van der Waals surface area contributed by atoms with E-state index in [2.05, 4.69) is 0 Å². The Morgan fingerprint density at radius 2 is 2.00 bits per heavy atom. The van der Waals surface area contributed by atoms with Gasteiger partial charge in [0.2, 0.25) is 0 Å². The summed E-state index contributed by atoms with van der Waals surface area (Å²) >= 11 is 0. The van der Waals surface area contributed by atoms with Crippen LogP contribution in [0, 0.1) is 0 Å². The van der Waals surface area contributed by atoms with Gasteiger partial charge in [-0.1, -0.05) is 12.1 Å². The second kappa shape index (κ2) is 4.77. The SMILES string of the molecule is COCC(=O)c1ccccc1N(C)C. The summed E-state index contributed by atoms with van der Waals surface area (Å²) in [4.78, 5) is 13.5. The molecule has 14 heavy (non-hydrogen) atoms. The Balaban J connectivity index is 3.00. The van der Waals surface area contributed by atoms with Crippen molar-refractivity contribution >= 4 is 11.5 Å². The maximum atomic E-state index is 11.6. The summed E-state index contributed by atoms with van der Waals surface area (Å²) in [5.74, 6) is 0.0109. The summed E-state index contributed by atoms with van der Waals surface area (Å²) in [5, 5.41) is 0. The normalized spacial score (nSPS) is 9.93. The predicted octanol–water partition coefficient (Wildman–Crippen LogP) is 1.58. The molecule has 3 heteroatoms. The van der Waals surface area contributed by atoms with E-state index >= 15 is 0 Å². The van der Waals surface area contributed by atoms with Crippen molar-refractivity contribution in [2.45, 2.75) is 0 Å². The average molecular weight is 193 g/mol. The van der Waals surface area contributed by atoms with Crippen LogP contribution >= 0.6 is 0 Å². The van der Waals surface area contributed by atoms with Gasteiger partial charge < -0.3 is 9.64 Å². The molecule has 0 bridgehead atoms. The largest absolute Gasteiger partial charge is 0.377 e. The molecule has 76 valence electrons. The number of ether oxygens (including phenoxy) is 1. The van der Waals surface area contributed by atoms with E-state index in [9.17, 15) is 4.79 Å². The summed E-state index contributed by atoms with van der Waals surface area (Å²) in [6.07, 6.45) is 0. The molecule has 0 N–H and O–H groups in total. The first-order valence-electron chi connectivity index (χ1n) is 4.45. The topological polar surface area (TPSA) is 29.5 Å². The molecule has 1 rings (SSSR count). The van der Waals surface area contributed by atoms with E-state index in [1.165, 1.54) is 7.11 Å². The molecular weight excluding hydrogens is 178 g/mol. The molecule has 3 nitrogen and oxygen atoms in total. The van der Waals surface area contributed by atoms with Crippen LogP contribution in [0.1, 0.15) is 10.4 Å². The Morgan fingerprint density at radius 3 is 2.57 bits per heavy atom. The Bertz CT molecular complexity index is 321. The second-order valence-electron chi connectivity index (χ2n) is 3.27. The smallest absolute Gasteiger partial charge is 0.190 e. The Morgan fingerprint density at radius 1 is 1.36 bits per heavy atom. The molecule has 0 radical (unpaired) electrons. The van der Waals surface area contributed by atoms with Crippen molar-refractivity contribution in [3.05, 3.63) is 29.8 Å². The first-order valence-corrected chi connectivity index (χ1v) is 4.45. The minimum atomic E-state index is 0.0109. The van der Waals surface area contributed by atoms with Crippen LogP contribution < -0.4 is 4.90 Å². The van der Waals surface area contributed by atoms with E-state index in [0.717, 1.165) is 5.69 Å². The van der Waals surface area contributed by atoms with Crippen molar-refractivity contribution in [3.8, 4) is 0 Å². The van der Waals surface area contributed by atoms with Gasteiger partial charge in [-0.05, 0) is 12.1 Å². The minimum absolute atomic E-state index is 0.0109. The molecule has 0 fully saturated rings. The molecule has 0 aliphatic carbocycles. The van der Waals surface area contributed by atoms with Crippen LogP contribution in [0.3, 0.4) is 0 Å². The van der Waals surface area contributed by atoms with Crippen molar-refractivity contribution in [2.75, 3.05) is 32.7 Å². The maximum Gasteiger partial charge on any atom is 0.190 e. The third-order valence-corrected chi connectivity index (χ3v) is 1.96. The molecule has 0 atom stereocenters. The average Bonchev–Trinajstić information content (AvgIpc) is 2.18. The second-order valence-corrected chi connectivity index (χ2v) is 3.27. The Hall–Kier alpha value is -1.35. The lowest BCUT2D eigenvalue weighted by Crippen LogP contribution is -2.16. The zero-order valence-corrected chi connectivity index (χ0v) is 8.78. The van der Waals surface area contributed by atoms with Gasteiger partial charge in [0.05, 0.1) is 0 Å². The first-order chi connectivity index (χ1) is 6.66. The van der Waals surface area contributed by atoms with Gasteiger partial charge in [0.25, 0.3) is 0 Å². The number of carbonyl (C=O) groups is 1. The molecule has 0 spiro atoms. The number of para-hydroxylation sites is 1. The van der Waals surface area contributed by atoms with Crippen LogP contribution in [0.25, 0.3) is 0 Å². The van der Waals surface area contributed by atoms with Crippen molar-refractivity contribution in [1.29, 1.82) is 0 Å². The summed E-state index contributed by atoms with van der Waals surface area (Å²) in [6, 6.07) is 7.51. The first kappa shape index (κ1) is 10.7. The third kappa shape index (κ3) is 2.33. The van der Waals surface area contributed by atoms with Gasteiger partial charge in [-0.15, -0.1) is 0 Å². The number of nitrogens with zero attached hydrogens (tertiary/aromatic N) is 1. The van der Waals surface area contributed by atoms with E-state index < -0.39 is 0 Å². The third-order valence-electron chi connectivity index (χ3n) is 1.96. The van der Waals surface area contributed by atoms with Gasteiger partial charge in [-0.2, -0.15) is 0 Å². The maximum absolute atomic E-state index is 11.6. The van der Waals surface area contributed by atoms with E-state index in [-0.39, 0.29) is 12.4 Å². The number of anilines is 1. The van der Waals surface area contributed by atoms with Crippen LogP contribution in [0.4, 0.5) is 5.69 Å². The predicted molar refractivity (Wildman–Crippen MR) is 57.0 cm³/mol. The molecule has 0 saturated heterocycles. The van der Waals surface area contributed by atoms with Crippen LogP contribution in [-0.2, 0) is 4.74 Å². The zero-order chi connectivity index (χ0) is 10.6. The molecular formula is C11H15NO2. The van der Waals surface area contributed by atoms with Crippen LogP contribution in [0.2, 0.25) is 0 Å². The molecule has 0 heterocycles. The number of carbonyl (C=O) groups excluding carboxylic acids is 1. The van der Waals surface area contributed by atoms with E-state index in [0.29, 0.717) is 5.56 Å². The zero-order valence-electron chi connectivity index (χ0n) is 8.78. The molecule has 0 saturated carbocycles. The number of ketones is 1. The van der Waals surface area contributed by atoms with Gasteiger partial charge in [0.15, 0.2) is 5.78 Å². The van der Waals surface area contributed by atoms with Crippen molar-refractivity contribution in [2.24, 2.45) is 0 Å². The highest BCUT2D eigenvalue weighted by molar-refractivity contribution is 6.02. The fourth-order valence-electron chi connectivity index (χ4n) is 1.31. The van der Waals surface area contributed by atoms with Gasteiger partial charge in [0, 0.05) is 32.5 Å². The molecule has 1 aromatic rings. The fourth-order valence-corrected chi connectivity index (χ4v) is 1.31. The molecule has 0 aromatic heterocycles. The van der Waals surface area contributed by atoms with Crippen LogP contribution in [-0.4, -0.2) is 33.6 Å². The number of hydrogen-bond acceptors (Lipinski definition) is 3. The fraction of sp³-hybridized carbons (Fsp3) is 0.364. The summed E-state index contributed by atoms with van der Waals surface area (Å²) < 4.78 is 4.82. The molecule has 0 unspecified atom stereocenters. The summed E-state index contributed by atoms with van der Waals surface area (Å²) in [5.41, 5.74) is 1.63. The van der Waals surface area contributed by atoms with Crippen molar-refractivity contribution in [1.82, 2.24) is 0 Å². The lowest BCUT2D eigenvalue weighted by Gasteiger charge is -2.16. The van der Waals surface area contributed by atoms with Crippen molar-refractivity contribution in [3.63, 3.8) is 0 Å². The number of methoxy groups -OCH3 is 1. The monoisotopic (exact) mass is 193 g/mol. The Kier molecular flexibility index (Phi) is 3.65. The summed E-state index contributed by atoms with van der Waals surface area (Å²) in [6.45, 7) is 0.130. The lowest BCUT2D eigenvalue weighted by atomic mass is 10.1. The molecule has 0 aliphatic rings. The number of Topliss-reactive ketones (excluding diaryl/α,β-unsaturated/α-hetero) is 1. The van der Waals surface area contributed by atoms with Crippen LogP contribution in [0.5, 0.6) is 0 Å². The summed E-state index contributed by atoms with van der Waals surface area (Å²) in [7, 11) is 5.36. The number of hydrogen-bond donors (Lipinski definition) is 0. The highest BCUT2D eigenvalue weighted by Crippen LogP contribution is 2.18. The van der Waals surface area contributed by atoms with Gasteiger partial charge in [0.1, 0.15) is 6.61 Å².